The maximum Gasteiger partial charge on any atom is 0.237 e. The molecule has 0 aliphatic carbocycles. The molecule has 4 aromatic rings. The van der Waals surface area contributed by atoms with Crippen molar-refractivity contribution >= 4 is 23.4 Å². The van der Waals surface area contributed by atoms with Crippen molar-refractivity contribution in [3.8, 4) is 28.5 Å². The van der Waals surface area contributed by atoms with Gasteiger partial charge in [-0.2, -0.15) is 5.26 Å². The number of hydrogen-bond acceptors (Lipinski definition) is 4. The smallest absolute Gasteiger partial charge is 0.237 e. The second-order valence-electron chi connectivity index (χ2n) is 8.63. The molecule has 174 valence electrons. The van der Waals surface area contributed by atoms with Crippen LogP contribution in [0.3, 0.4) is 0 Å². The molecular formula is C30H27N3OS. The first-order chi connectivity index (χ1) is 16.9. The molecule has 0 saturated carbocycles. The summed E-state index contributed by atoms with van der Waals surface area (Å²) in [5, 5.41) is 13.2. The molecule has 1 aromatic heterocycles. The molecule has 4 rings (SSSR count). The number of pyridine rings is 1. The number of nitriles is 1. The first-order valence-corrected chi connectivity index (χ1v) is 12.4. The lowest BCUT2D eigenvalue weighted by Crippen LogP contribution is -2.22. The van der Waals surface area contributed by atoms with Gasteiger partial charge in [-0.25, -0.2) is 4.98 Å². The number of amides is 1. The van der Waals surface area contributed by atoms with E-state index in [4.69, 9.17) is 4.98 Å². The van der Waals surface area contributed by atoms with Crippen molar-refractivity contribution in [2.24, 2.45) is 0 Å². The zero-order chi connectivity index (χ0) is 24.9. The highest BCUT2D eigenvalue weighted by molar-refractivity contribution is 8.00. The van der Waals surface area contributed by atoms with Gasteiger partial charge in [0.15, 0.2) is 0 Å². The summed E-state index contributed by atoms with van der Waals surface area (Å²) in [4.78, 5) is 17.9. The number of aromatic nitrogens is 1. The Labute approximate surface area is 211 Å². The maximum absolute atomic E-state index is 13.0. The third kappa shape index (κ3) is 5.62. The van der Waals surface area contributed by atoms with Gasteiger partial charge in [0.05, 0.1) is 16.5 Å². The number of aryl methyl sites for hydroxylation is 3. The molecule has 35 heavy (non-hydrogen) atoms. The third-order valence-corrected chi connectivity index (χ3v) is 7.05. The molecule has 0 saturated heterocycles. The van der Waals surface area contributed by atoms with Crippen LogP contribution in [0.15, 0.2) is 83.9 Å². The van der Waals surface area contributed by atoms with Crippen molar-refractivity contribution < 1.29 is 4.79 Å². The van der Waals surface area contributed by atoms with E-state index in [2.05, 4.69) is 11.4 Å². The van der Waals surface area contributed by atoms with Crippen molar-refractivity contribution in [2.75, 3.05) is 5.32 Å². The standard InChI is InChI=1S/C30H27N3OS/c1-19-10-13-23(14-11-19)26-17-28(24-8-6-5-7-9-24)33-30(27(26)18-31)35-22(4)29(34)32-25-15-12-20(2)21(3)16-25/h5-17,22H,1-4H3,(H,32,34)/t22-/m1/s1. The van der Waals surface area contributed by atoms with Gasteiger partial charge in [0.2, 0.25) is 5.91 Å². The summed E-state index contributed by atoms with van der Waals surface area (Å²) in [6.45, 7) is 7.94. The largest absolute Gasteiger partial charge is 0.325 e. The minimum Gasteiger partial charge on any atom is -0.325 e. The van der Waals surface area contributed by atoms with Crippen LogP contribution in [-0.4, -0.2) is 16.1 Å². The van der Waals surface area contributed by atoms with Gasteiger partial charge in [-0.05, 0) is 62.6 Å². The Morgan fingerprint density at radius 3 is 2.29 bits per heavy atom. The van der Waals surface area contributed by atoms with Gasteiger partial charge >= 0.3 is 0 Å². The average molecular weight is 478 g/mol. The molecule has 0 radical (unpaired) electrons. The quantitative estimate of drug-likeness (QED) is 0.295. The summed E-state index contributed by atoms with van der Waals surface area (Å²) >= 11 is 1.30. The van der Waals surface area contributed by atoms with E-state index >= 15 is 0 Å². The highest BCUT2D eigenvalue weighted by Crippen LogP contribution is 2.36. The highest BCUT2D eigenvalue weighted by atomic mass is 32.2. The molecule has 0 fully saturated rings. The molecule has 3 aromatic carbocycles. The van der Waals surface area contributed by atoms with Crippen molar-refractivity contribution in [3.63, 3.8) is 0 Å². The fourth-order valence-corrected chi connectivity index (χ4v) is 4.64. The number of rotatable bonds is 6. The molecular weight excluding hydrogens is 450 g/mol. The predicted octanol–water partition coefficient (Wildman–Crippen LogP) is 7.33. The van der Waals surface area contributed by atoms with Crippen LogP contribution in [0.5, 0.6) is 0 Å². The van der Waals surface area contributed by atoms with E-state index < -0.39 is 5.25 Å². The van der Waals surface area contributed by atoms with Crippen molar-refractivity contribution in [2.45, 2.75) is 38.0 Å². The SMILES string of the molecule is Cc1ccc(-c2cc(-c3ccccc3)nc(S[C@H](C)C(=O)Nc3ccc(C)c(C)c3)c2C#N)cc1. The lowest BCUT2D eigenvalue weighted by atomic mass is 9.98. The Hall–Kier alpha value is -3.88. The first-order valence-electron chi connectivity index (χ1n) is 11.5. The fourth-order valence-electron chi connectivity index (χ4n) is 3.72. The fraction of sp³-hybridized carbons (Fsp3) is 0.167. The molecule has 0 bridgehead atoms. The molecule has 4 nitrogen and oxygen atoms in total. The van der Waals surface area contributed by atoms with Crippen LogP contribution in [0, 0.1) is 32.1 Å². The number of anilines is 1. The summed E-state index contributed by atoms with van der Waals surface area (Å²) in [5.41, 5.74) is 8.16. The van der Waals surface area contributed by atoms with Crippen LogP contribution < -0.4 is 5.32 Å². The van der Waals surface area contributed by atoms with Crippen LogP contribution in [-0.2, 0) is 4.79 Å². The Balaban J connectivity index is 1.71. The number of hydrogen-bond donors (Lipinski definition) is 1. The molecule has 1 atom stereocenters. The number of carbonyl (C=O) groups excluding carboxylic acids is 1. The first kappa shape index (κ1) is 24.3. The molecule has 0 aliphatic rings. The zero-order valence-electron chi connectivity index (χ0n) is 20.3. The molecule has 0 unspecified atom stereocenters. The van der Waals surface area contributed by atoms with Crippen LogP contribution in [0.2, 0.25) is 0 Å². The van der Waals surface area contributed by atoms with Crippen molar-refractivity contribution in [1.82, 2.24) is 4.98 Å². The highest BCUT2D eigenvalue weighted by Gasteiger charge is 2.21. The predicted molar refractivity (Wildman–Crippen MR) is 144 cm³/mol. The van der Waals surface area contributed by atoms with Gasteiger partial charge in [-0.3, -0.25) is 4.79 Å². The minimum atomic E-state index is -0.451. The van der Waals surface area contributed by atoms with Gasteiger partial charge < -0.3 is 5.32 Å². The zero-order valence-corrected chi connectivity index (χ0v) is 21.1. The van der Waals surface area contributed by atoms with Gasteiger partial charge in [-0.15, -0.1) is 0 Å². The van der Waals surface area contributed by atoms with Crippen molar-refractivity contribution in [1.29, 1.82) is 5.26 Å². The molecule has 0 spiro atoms. The lowest BCUT2D eigenvalue weighted by molar-refractivity contribution is -0.115. The summed E-state index contributed by atoms with van der Waals surface area (Å²) in [5.74, 6) is -0.133. The Morgan fingerprint density at radius 2 is 1.63 bits per heavy atom. The Bertz CT molecular complexity index is 1410. The molecule has 0 aliphatic heterocycles. The second-order valence-corrected chi connectivity index (χ2v) is 9.96. The van der Waals surface area contributed by atoms with E-state index in [9.17, 15) is 10.1 Å². The van der Waals surface area contributed by atoms with E-state index in [0.29, 0.717) is 10.6 Å². The number of benzene rings is 3. The van der Waals surface area contributed by atoms with Gasteiger partial charge in [-0.1, -0.05) is 78.0 Å². The summed E-state index contributed by atoms with van der Waals surface area (Å²) in [6, 6.07) is 28.2. The van der Waals surface area contributed by atoms with Crippen LogP contribution in [0.25, 0.3) is 22.4 Å². The van der Waals surface area contributed by atoms with Gasteiger partial charge in [0, 0.05) is 16.8 Å². The normalized spacial score (nSPS) is 11.5. The Kier molecular flexibility index (Phi) is 7.33. The Morgan fingerprint density at radius 1 is 0.914 bits per heavy atom. The minimum absolute atomic E-state index is 0.133. The molecule has 1 N–H and O–H groups in total. The summed E-state index contributed by atoms with van der Waals surface area (Å²) in [6.07, 6.45) is 0. The van der Waals surface area contributed by atoms with Crippen LogP contribution >= 0.6 is 11.8 Å². The molecule has 5 heteroatoms. The van der Waals surface area contributed by atoms with E-state index in [1.54, 1.807) is 0 Å². The monoisotopic (exact) mass is 477 g/mol. The molecule has 1 amide bonds. The van der Waals surface area contributed by atoms with Gasteiger partial charge in [0.25, 0.3) is 0 Å². The molecule has 1 heterocycles. The van der Waals surface area contributed by atoms with Crippen LogP contribution in [0.1, 0.15) is 29.2 Å². The van der Waals surface area contributed by atoms with E-state index in [-0.39, 0.29) is 5.91 Å². The maximum atomic E-state index is 13.0. The third-order valence-electron chi connectivity index (χ3n) is 5.96. The van der Waals surface area contributed by atoms with E-state index in [0.717, 1.165) is 39.2 Å². The number of carbonyl (C=O) groups is 1. The number of nitrogens with zero attached hydrogens (tertiary/aromatic N) is 2. The van der Waals surface area contributed by atoms with E-state index in [1.165, 1.54) is 17.3 Å². The summed E-state index contributed by atoms with van der Waals surface area (Å²) in [7, 11) is 0. The van der Waals surface area contributed by atoms with Crippen LogP contribution in [0.4, 0.5) is 5.69 Å². The second kappa shape index (κ2) is 10.6. The van der Waals surface area contributed by atoms with Gasteiger partial charge in [0.1, 0.15) is 11.1 Å². The summed E-state index contributed by atoms with van der Waals surface area (Å²) < 4.78 is 0. The van der Waals surface area contributed by atoms with Crippen molar-refractivity contribution in [3.05, 3.63) is 101 Å². The number of nitrogens with one attached hydrogen (secondary N) is 1. The number of thioether (sulfide) groups is 1. The lowest BCUT2D eigenvalue weighted by Gasteiger charge is -2.16. The topological polar surface area (TPSA) is 65.8 Å². The average Bonchev–Trinajstić information content (AvgIpc) is 2.86. The van der Waals surface area contributed by atoms with E-state index in [1.807, 2.05) is 107 Å².